The molecule has 4 rings (SSSR count). The number of fused-ring (bicyclic) bond motifs is 1. The normalized spacial score (nSPS) is 16.7. The second-order valence-corrected chi connectivity index (χ2v) is 6.19. The number of aromatic amines is 1. The Morgan fingerprint density at radius 2 is 2.22 bits per heavy atom. The summed E-state index contributed by atoms with van der Waals surface area (Å²) in [7, 11) is 0. The van der Waals surface area contributed by atoms with Crippen LogP contribution in [0, 0.1) is 18.3 Å². The highest BCUT2D eigenvalue weighted by Crippen LogP contribution is 2.36. The zero-order valence-electron chi connectivity index (χ0n) is 12.9. The van der Waals surface area contributed by atoms with Gasteiger partial charge in [0.05, 0.1) is 17.9 Å². The quantitative estimate of drug-likeness (QED) is 0.750. The lowest BCUT2D eigenvalue weighted by Gasteiger charge is -2.21. The van der Waals surface area contributed by atoms with Crippen LogP contribution in [0.4, 0.5) is 0 Å². The number of nitrogens with zero attached hydrogens (tertiary/aromatic N) is 4. The minimum atomic E-state index is 0.291. The molecule has 1 N–H and O–H groups in total. The van der Waals surface area contributed by atoms with Crippen LogP contribution in [0.2, 0.25) is 0 Å². The van der Waals surface area contributed by atoms with E-state index >= 15 is 0 Å². The van der Waals surface area contributed by atoms with E-state index in [9.17, 15) is 0 Å². The van der Waals surface area contributed by atoms with Gasteiger partial charge in [-0.1, -0.05) is 12.8 Å². The van der Waals surface area contributed by atoms with E-state index in [1.807, 2.05) is 23.1 Å². The zero-order valence-corrected chi connectivity index (χ0v) is 12.9. The average Bonchev–Trinajstić information content (AvgIpc) is 3.32. The monoisotopic (exact) mass is 305 g/mol. The Bertz CT molecular complexity index is 848. The molecular formula is C18H19N5. The molecule has 1 atom stereocenters. The smallest absolute Gasteiger partial charge is 0.141 e. The number of hydrogen-bond acceptors (Lipinski definition) is 3. The van der Waals surface area contributed by atoms with Crippen molar-refractivity contribution >= 4 is 11.0 Å². The van der Waals surface area contributed by atoms with Gasteiger partial charge in [0, 0.05) is 29.8 Å². The third kappa shape index (κ3) is 2.50. The number of H-pyrrole nitrogens is 1. The van der Waals surface area contributed by atoms with Crippen molar-refractivity contribution in [3.8, 4) is 23.6 Å². The fourth-order valence-electron chi connectivity index (χ4n) is 3.68. The van der Waals surface area contributed by atoms with Gasteiger partial charge in [0.15, 0.2) is 0 Å². The van der Waals surface area contributed by atoms with Gasteiger partial charge in [-0.25, -0.2) is 9.97 Å². The molecule has 3 aromatic heterocycles. The topological polar surface area (TPSA) is 59.4 Å². The second-order valence-electron chi connectivity index (χ2n) is 6.19. The van der Waals surface area contributed by atoms with Crippen LogP contribution in [0.15, 0.2) is 31.0 Å². The summed E-state index contributed by atoms with van der Waals surface area (Å²) in [5, 5.41) is 5.61. The Morgan fingerprint density at radius 1 is 1.35 bits per heavy atom. The van der Waals surface area contributed by atoms with Crippen molar-refractivity contribution < 1.29 is 0 Å². The molecule has 1 fully saturated rings. The maximum absolute atomic E-state index is 5.60. The standard InChI is InChI=1S/C18H19N5/c1-2-5-16(13-6-3-4-7-13)23-11-14(10-22-23)17-15-8-9-19-18(15)21-12-20-17/h1,8-13,16H,3-7H2,(H,19,20,21)/t16-/m1/s1. The summed E-state index contributed by atoms with van der Waals surface area (Å²) in [4.78, 5) is 11.8. The molecule has 0 spiro atoms. The van der Waals surface area contributed by atoms with Gasteiger partial charge < -0.3 is 4.98 Å². The Hall–Kier alpha value is -2.61. The lowest BCUT2D eigenvalue weighted by Crippen LogP contribution is -2.17. The molecule has 23 heavy (non-hydrogen) atoms. The molecule has 0 unspecified atom stereocenters. The van der Waals surface area contributed by atoms with Crippen molar-refractivity contribution in [2.24, 2.45) is 5.92 Å². The van der Waals surface area contributed by atoms with Crippen LogP contribution in [0.1, 0.15) is 38.1 Å². The van der Waals surface area contributed by atoms with Gasteiger partial charge in [0.1, 0.15) is 12.0 Å². The molecule has 1 saturated carbocycles. The molecule has 0 amide bonds. The number of hydrogen-bond donors (Lipinski definition) is 1. The van der Waals surface area contributed by atoms with Crippen molar-refractivity contribution in [3.63, 3.8) is 0 Å². The summed E-state index contributed by atoms with van der Waals surface area (Å²) in [6.07, 6.45) is 18.9. The van der Waals surface area contributed by atoms with Crippen molar-refractivity contribution in [2.45, 2.75) is 38.1 Å². The predicted molar refractivity (Wildman–Crippen MR) is 89.6 cm³/mol. The molecule has 3 aromatic rings. The first-order valence-corrected chi connectivity index (χ1v) is 8.13. The Morgan fingerprint density at radius 3 is 3.04 bits per heavy atom. The molecule has 0 bridgehead atoms. The molecule has 0 radical (unpaired) electrons. The summed E-state index contributed by atoms with van der Waals surface area (Å²) >= 11 is 0. The van der Waals surface area contributed by atoms with Gasteiger partial charge in [-0.3, -0.25) is 4.68 Å². The van der Waals surface area contributed by atoms with Gasteiger partial charge in [-0.05, 0) is 24.8 Å². The van der Waals surface area contributed by atoms with E-state index in [2.05, 4.69) is 32.2 Å². The Labute approximate surface area is 135 Å². The number of terminal acetylenes is 1. The van der Waals surface area contributed by atoms with E-state index in [4.69, 9.17) is 6.42 Å². The van der Waals surface area contributed by atoms with Crippen molar-refractivity contribution in [3.05, 3.63) is 31.0 Å². The second kappa shape index (κ2) is 5.88. The highest BCUT2D eigenvalue weighted by molar-refractivity contribution is 5.89. The van der Waals surface area contributed by atoms with E-state index in [1.165, 1.54) is 25.7 Å². The minimum absolute atomic E-state index is 0.291. The molecule has 116 valence electrons. The zero-order chi connectivity index (χ0) is 15.6. The molecule has 0 aromatic carbocycles. The SMILES string of the molecule is C#CC[C@H](C1CCCC1)n1cc(-c2ncnc3[nH]ccc23)cn1. The fourth-order valence-corrected chi connectivity index (χ4v) is 3.68. The molecule has 1 aliphatic carbocycles. The van der Waals surface area contributed by atoms with E-state index in [0.717, 1.165) is 28.7 Å². The van der Waals surface area contributed by atoms with Gasteiger partial charge in [0.2, 0.25) is 0 Å². The first kappa shape index (κ1) is 14.0. The predicted octanol–water partition coefficient (Wildman–Crippen LogP) is 3.58. The Balaban J connectivity index is 1.70. The van der Waals surface area contributed by atoms with Crippen LogP contribution < -0.4 is 0 Å². The lowest BCUT2D eigenvalue weighted by atomic mass is 9.96. The summed E-state index contributed by atoms with van der Waals surface area (Å²) in [6.45, 7) is 0. The van der Waals surface area contributed by atoms with Crippen LogP contribution in [0.3, 0.4) is 0 Å². The van der Waals surface area contributed by atoms with Gasteiger partial charge >= 0.3 is 0 Å². The van der Waals surface area contributed by atoms with Gasteiger partial charge in [0.25, 0.3) is 0 Å². The summed E-state index contributed by atoms with van der Waals surface area (Å²) in [5.41, 5.74) is 2.77. The van der Waals surface area contributed by atoms with Crippen LogP contribution in [0.25, 0.3) is 22.3 Å². The molecule has 0 aliphatic heterocycles. The summed E-state index contributed by atoms with van der Waals surface area (Å²) in [5.74, 6) is 3.46. The van der Waals surface area contributed by atoms with Crippen LogP contribution in [0.5, 0.6) is 0 Å². The molecule has 3 heterocycles. The molecule has 0 saturated heterocycles. The summed E-state index contributed by atoms with van der Waals surface area (Å²) in [6, 6.07) is 2.29. The van der Waals surface area contributed by atoms with Crippen molar-refractivity contribution in [2.75, 3.05) is 0 Å². The third-order valence-electron chi connectivity index (χ3n) is 4.84. The molecular weight excluding hydrogens is 286 g/mol. The van der Waals surface area contributed by atoms with Crippen LogP contribution >= 0.6 is 0 Å². The first-order valence-electron chi connectivity index (χ1n) is 8.13. The first-order chi connectivity index (χ1) is 11.4. The number of aromatic nitrogens is 5. The molecule has 1 aliphatic rings. The van der Waals surface area contributed by atoms with E-state index in [0.29, 0.717) is 12.0 Å². The maximum Gasteiger partial charge on any atom is 0.141 e. The third-order valence-corrected chi connectivity index (χ3v) is 4.84. The summed E-state index contributed by atoms with van der Waals surface area (Å²) < 4.78 is 2.05. The minimum Gasteiger partial charge on any atom is -0.346 e. The highest BCUT2D eigenvalue weighted by Gasteiger charge is 2.26. The van der Waals surface area contributed by atoms with Crippen molar-refractivity contribution in [1.29, 1.82) is 0 Å². The Kier molecular flexibility index (Phi) is 3.58. The molecule has 5 nitrogen and oxygen atoms in total. The van der Waals surface area contributed by atoms with Crippen LogP contribution in [-0.2, 0) is 0 Å². The van der Waals surface area contributed by atoms with E-state index < -0.39 is 0 Å². The average molecular weight is 305 g/mol. The number of rotatable bonds is 4. The largest absolute Gasteiger partial charge is 0.346 e. The van der Waals surface area contributed by atoms with Crippen LogP contribution in [-0.4, -0.2) is 24.7 Å². The lowest BCUT2D eigenvalue weighted by molar-refractivity contribution is 0.316. The highest BCUT2D eigenvalue weighted by atomic mass is 15.3. The van der Waals surface area contributed by atoms with Crippen molar-refractivity contribution in [1.82, 2.24) is 24.7 Å². The van der Waals surface area contributed by atoms with E-state index in [1.54, 1.807) is 6.33 Å². The van der Waals surface area contributed by atoms with Gasteiger partial charge in [-0.15, -0.1) is 12.3 Å². The maximum atomic E-state index is 5.60. The molecule has 5 heteroatoms. The van der Waals surface area contributed by atoms with Gasteiger partial charge in [-0.2, -0.15) is 5.10 Å². The van der Waals surface area contributed by atoms with E-state index in [-0.39, 0.29) is 0 Å². The number of nitrogens with one attached hydrogen (secondary N) is 1. The fraction of sp³-hybridized carbons (Fsp3) is 0.389.